The van der Waals surface area contributed by atoms with Gasteiger partial charge in [-0.15, -0.1) is 0 Å². The maximum Gasteiger partial charge on any atom is 0.244 e. The van der Waals surface area contributed by atoms with Gasteiger partial charge in [-0.25, -0.2) is 0 Å². The first-order chi connectivity index (χ1) is 12.5. The van der Waals surface area contributed by atoms with Gasteiger partial charge in [0.2, 0.25) is 12.7 Å². The standard InChI is InChI=1S/C19H25N3O4/c1-13-14(2)20-22(15(13)3)11-19(23)21(7-8-24-4)10-16-5-6-17-18(9-16)26-12-25-17/h5-6,9H,7-8,10-12H2,1-4H3. The van der Waals surface area contributed by atoms with Gasteiger partial charge in [-0.1, -0.05) is 6.07 Å². The number of nitrogens with zero attached hydrogens (tertiary/aromatic N) is 3. The molecule has 3 rings (SSSR count). The fourth-order valence-corrected chi connectivity index (χ4v) is 2.92. The molecule has 0 spiro atoms. The number of carbonyl (C=O) groups is 1. The van der Waals surface area contributed by atoms with Gasteiger partial charge in [0.15, 0.2) is 11.5 Å². The summed E-state index contributed by atoms with van der Waals surface area (Å²) in [7, 11) is 1.63. The lowest BCUT2D eigenvalue weighted by atomic mass is 10.2. The van der Waals surface area contributed by atoms with Gasteiger partial charge in [0.25, 0.3) is 0 Å². The number of methoxy groups -OCH3 is 1. The van der Waals surface area contributed by atoms with Crippen molar-refractivity contribution in [3.05, 3.63) is 40.7 Å². The van der Waals surface area contributed by atoms with Crippen LogP contribution in [0.4, 0.5) is 0 Å². The second kappa shape index (κ2) is 7.78. The highest BCUT2D eigenvalue weighted by Crippen LogP contribution is 2.32. The summed E-state index contributed by atoms with van der Waals surface area (Å²) in [5.41, 5.74) is 4.08. The van der Waals surface area contributed by atoms with Crippen molar-refractivity contribution in [1.82, 2.24) is 14.7 Å². The zero-order chi connectivity index (χ0) is 18.7. The van der Waals surface area contributed by atoms with E-state index in [1.807, 2.05) is 39.0 Å². The average molecular weight is 359 g/mol. The van der Waals surface area contributed by atoms with Gasteiger partial charge < -0.3 is 19.1 Å². The zero-order valence-electron chi connectivity index (χ0n) is 15.7. The Kier molecular flexibility index (Phi) is 5.46. The second-order valence-electron chi connectivity index (χ2n) is 6.45. The molecule has 0 unspecified atom stereocenters. The number of aromatic nitrogens is 2. The summed E-state index contributed by atoms with van der Waals surface area (Å²) >= 11 is 0. The van der Waals surface area contributed by atoms with E-state index in [2.05, 4.69) is 5.10 Å². The van der Waals surface area contributed by atoms with Crippen LogP contribution in [0.5, 0.6) is 11.5 Å². The van der Waals surface area contributed by atoms with Crippen LogP contribution in [-0.2, 0) is 22.6 Å². The van der Waals surface area contributed by atoms with Crippen LogP contribution in [0.15, 0.2) is 18.2 Å². The number of ether oxygens (including phenoxy) is 3. The van der Waals surface area contributed by atoms with Crippen LogP contribution >= 0.6 is 0 Å². The minimum Gasteiger partial charge on any atom is -0.454 e. The van der Waals surface area contributed by atoms with E-state index in [4.69, 9.17) is 14.2 Å². The predicted molar refractivity (Wildman–Crippen MR) is 96.3 cm³/mol. The highest BCUT2D eigenvalue weighted by molar-refractivity contribution is 5.76. The van der Waals surface area contributed by atoms with Gasteiger partial charge in [-0.3, -0.25) is 9.48 Å². The van der Waals surface area contributed by atoms with Crippen molar-refractivity contribution in [3.8, 4) is 11.5 Å². The van der Waals surface area contributed by atoms with E-state index < -0.39 is 0 Å². The summed E-state index contributed by atoms with van der Waals surface area (Å²) in [6, 6.07) is 5.75. The summed E-state index contributed by atoms with van der Waals surface area (Å²) < 4.78 is 17.7. The summed E-state index contributed by atoms with van der Waals surface area (Å²) in [6.07, 6.45) is 0. The Hall–Kier alpha value is -2.54. The minimum absolute atomic E-state index is 0.00492. The van der Waals surface area contributed by atoms with E-state index >= 15 is 0 Å². The molecule has 0 N–H and O–H groups in total. The number of fused-ring (bicyclic) bond motifs is 1. The Balaban J connectivity index is 1.74. The number of benzene rings is 1. The van der Waals surface area contributed by atoms with Crippen LogP contribution in [0.1, 0.15) is 22.5 Å². The molecule has 0 atom stereocenters. The lowest BCUT2D eigenvalue weighted by Crippen LogP contribution is -2.36. The van der Waals surface area contributed by atoms with Gasteiger partial charge in [0.05, 0.1) is 12.3 Å². The number of aryl methyl sites for hydroxylation is 1. The fraction of sp³-hybridized carbons (Fsp3) is 0.474. The van der Waals surface area contributed by atoms with E-state index in [9.17, 15) is 4.79 Å². The fourth-order valence-electron chi connectivity index (χ4n) is 2.92. The van der Waals surface area contributed by atoms with Crippen molar-refractivity contribution in [2.45, 2.75) is 33.9 Å². The molecule has 1 aromatic carbocycles. The Bertz CT molecular complexity index is 800. The number of rotatable bonds is 7. The third kappa shape index (κ3) is 3.83. The van der Waals surface area contributed by atoms with Crippen LogP contribution in [-0.4, -0.2) is 47.6 Å². The molecule has 0 radical (unpaired) electrons. The van der Waals surface area contributed by atoms with Crippen LogP contribution in [0.25, 0.3) is 0 Å². The van der Waals surface area contributed by atoms with Gasteiger partial charge in [0.1, 0.15) is 6.54 Å². The summed E-state index contributed by atoms with van der Waals surface area (Å²) in [5.74, 6) is 1.46. The zero-order valence-corrected chi connectivity index (χ0v) is 15.7. The topological polar surface area (TPSA) is 65.8 Å². The molecule has 140 valence electrons. The van der Waals surface area contributed by atoms with Crippen LogP contribution in [0, 0.1) is 20.8 Å². The van der Waals surface area contributed by atoms with E-state index in [0.29, 0.717) is 19.7 Å². The Morgan fingerprint density at radius 2 is 2.04 bits per heavy atom. The third-order valence-electron chi connectivity index (χ3n) is 4.76. The van der Waals surface area contributed by atoms with Crippen molar-refractivity contribution >= 4 is 5.91 Å². The molecule has 0 fully saturated rings. The molecule has 7 heteroatoms. The molecule has 26 heavy (non-hydrogen) atoms. The molecule has 1 aromatic heterocycles. The van der Waals surface area contributed by atoms with Gasteiger partial charge in [0, 0.05) is 25.9 Å². The van der Waals surface area contributed by atoms with Crippen molar-refractivity contribution in [3.63, 3.8) is 0 Å². The maximum atomic E-state index is 12.9. The lowest BCUT2D eigenvalue weighted by molar-refractivity contribution is -0.133. The Morgan fingerprint density at radius 3 is 2.73 bits per heavy atom. The predicted octanol–water partition coefficient (Wildman–Crippen LogP) is 2.21. The van der Waals surface area contributed by atoms with Crippen molar-refractivity contribution in [2.24, 2.45) is 0 Å². The van der Waals surface area contributed by atoms with E-state index in [-0.39, 0.29) is 19.2 Å². The molecule has 7 nitrogen and oxygen atoms in total. The minimum atomic E-state index is 0.00492. The SMILES string of the molecule is COCCN(Cc1ccc2c(c1)OCO2)C(=O)Cn1nc(C)c(C)c1C. The number of amides is 1. The Morgan fingerprint density at radius 1 is 1.27 bits per heavy atom. The first kappa shape index (κ1) is 18.3. The number of hydrogen-bond acceptors (Lipinski definition) is 5. The Labute approximate surface area is 153 Å². The second-order valence-corrected chi connectivity index (χ2v) is 6.45. The first-order valence-electron chi connectivity index (χ1n) is 8.65. The molecule has 0 aliphatic carbocycles. The highest BCUT2D eigenvalue weighted by Gasteiger charge is 2.19. The largest absolute Gasteiger partial charge is 0.454 e. The molecule has 2 heterocycles. The molecule has 2 aromatic rings. The first-order valence-corrected chi connectivity index (χ1v) is 8.65. The number of hydrogen-bond donors (Lipinski definition) is 0. The lowest BCUT2D eigenvalue weighted by Gasteiger charge is -2.23. The molecule has 0 bridgehead atoms. The average Bonchev–Trinajstić information content (AvgIpc) is 3.18. The molecular weight excluding hydrogens is 334 g/mol. The van der Waals surface area contributed by atoms with Crippen molar-refractivity contribution < 1.29 is 19.0 Å². The molecule has 1 aliphatic rings. The molecule has 1 amide bonds. The summed E-state index contributed by atoms with van der Waals surface area (Å²) in [5, 5.41) is 4.47. The molecule has 0 saturated heterocycles. The van der Waals surface area contributed by atoms with Gasteiger partial charge in [-0.05, 0) is 44.0 Å². The maximum absolute atomic E-state index is 12.9. The van der Waals surface area contributed by atoms with Crippen molar-refractivity contribution in [2.75, 3.05) is 27.1 Å². The summed E-state index contributed by atoms with van der Waals surface area (Å²) in [6.45, 7) is 7.90. The van der Waals surface area contributed by atoms with E-state index in [1.165, 1.54) is 0 Å². The van der Waals surface area contributed by atoms with Crippen LogP contribution in [0.2, 0.25) is 0 Å². The normalized spacial score (nSPS) is 12.5. The van der Waals surface area contributed by atoms with Crippen LogP contribution < -0.4 is 9.47 Å². The quantitative estimate of drug-likeness (QED) is 0.758. The van der Waals surface area contributed by atoms with Crippen LogP contribution in [0.3, 0.4) is 0 Å². The monoisotopic (exact) mass is 359 g/mol. The molecule has 0 saturated carbocycles. The third-order valence-corrected chi connectivity index (χ3v) is 4.76. The van der Waals surface area contributed by atoms with Gasteiger partial charge in [-0.2, -0.15) is 5.10 Å². The molecular formula is C19H25N3O4. The smallest absolute Gasteiger partial charge is 0.244 e. The van der Waals surface area contributed by atoms with E-state index in [0.717, 1.165) is 34.0 Å². The van der Waals surface area contributed by atoms with Crippen molar-refractivity contribution in [1.29, 1.82) is 0 Å². The highest BCUT2D eigenvalue weighted by atomic mass is 16.7. The molecule has 1 aliphatic heterocycles. The van der Waals surface area contributed by atoms with Gasteiger partial charge >= 0.3 is 0 Å². The number of carbonyl (C=O) groups excluding carboxylic acids is 1. The van der Waals surface area contributed by atoms with E-state index in [1.54, 1.807) is 16.7 Å². The summed E-state index contributed by atoms with van der Waals surface area (Å²) in [4.78, 5) is 14.7.